The monoisotopic (exact) mass is 293 g/mol. The quantitative estimate of drug-likeness (QED) is 0.710. The minimum absolute atomic E-state index is 0.121. The maximum Gasteiger partial charge on any atom is 0.442 e. The fraction of sp³-hybridized carbons (Fsp3) is 0.273. The zero-order chi connectivity index (χ0) is 14.1. The van der Waals surface area contributed by atoms with Crippen LogP contribution < -0.4 is 10.7 Å². The predicted octanol–water partition coefficient (Wildman–Crippen LogP) is 1.06. The topological polar surface area (TPSA) is 90.2 Å². The predicted molar refractivity (Wildman–Crippen MR) is 71.8 cm³/mol. The highest BCUT2D eigenvalue weighted by Crippen LogP contribution is 2.22. The molecule has 0 N–H and O–H groups in total. The fourth-order valence-electron chi connectivity index (χ4n) is 1.62. The van der Waals surface area contributed by atoms with Crippen LogP contribution in [0.15, 0.2) is 31.4 Å². The lowest BCUT2D eigenvalue weighted by Gasteiger charge is -2.02. The molecule has 9 heteroatoms. The molecule has 0 radical (unpaired) electrons. The SMILES string of the molecule is CN(C)c1noc(Cn2c(-c3cccs3)noc2=O)n1. The average molecular weight is 293 g/mol. The molecule has 3 rings (SSSR count). The van der Waals surface area contributed by atoms with Crippen LogP contribution in [0.3, 0.4) is 0 Å². The molecule has 0 amide bonds. The van der Waals surface area contributed by atoms with E-state index in [1.165, 1.54) is 15.9 Å². The van der Waals surface area contributed by atoms with Crippen molar-refractivity contribution in [2.24, 2.45) is 0 Å². The highest BCUT2D eigenvalue weighted by Gasteiger charge is 2.17. The van der Waals surface area contributed by atoms with Crippen molar-refractivity contribution in [3.05, 3.63) is 34.0 Å². The summed E-state index contributed by atoms with van der Waals surface area (Å²) in [5, 5.41) is 9.47. The first-order valence-electron chi connectivity index (χ1n) is 5.75. The van der Waals surface area contributed by atoms with E-state index in [4.69, 9.17) is 9.05 Å². The molecule has 0 aliphatic heterocycles. The van der Waals surface area contributed by atoms with Crippen LogP contribution in [0.1, 0.15) is 5.89 Å². The molecule has 0 bridgehead atoms. The van der Waals surface area contributed by atoms with Gasteiger partial charge in [-0.3, -0.25) is 4.52 Å². The molecule has 3 aromatic heterocycles. The summed E-state index contributed by atoms with van der Waals surface area (Å²) in [7, 11) is 3.61. The van der Waals surface area contributed by atoms with Gasteiger partial charge in [0, 0.05) is 14.1 Å². The second kappa shape index (κ2) is 4.93. The van der Waals surface area contributed by atoms with E-state index >= 15 is 0 Å². The molecule has 0 fully saturated rings. The number of aromatic nitrogens is 4. The van der Waals surface area contributed by atoms with E-state index in [9.17, 15) is 4.79 Å². The number of hydrogen-bond donors (Lipinski definition) is 0. The van der Waals surface area contributed by atoms with Gasteiger partial charge in [-0.15, -0.1) is 11.3 Å². The summed E-state index contributed by atoms with van der Waals surface area (Å²) in [4.78, 5) is 18.4. The highest BCUT2D eigenvalue weighted by molar-refractivity contribution is 7.13. The molecule has 0 aliphatic carbocycles. The van der Waals surface area contributed by atoms with Crippen molar-refractivity contribution in [3.8, 4) is 10.7 Å². The van der Waals surface area contributed by atoms with Crippen LogP contribution in [0.5, 0.6) is 0 Å². The molecule has 104 valence electrons. The van der Waals surface area contributed by atoms with Gasteiger partial charge in [0.25, 0.3) is 5.95 Å². The van der Waals surface area contributed by atoms with Crippen LogP contribution in [0.4, 0.5) is 5.95 Å². The molecule has 0 saturated carbocycles. The number of nitrogens with zero attached hydrogens (tertiary/aromatic N) is 5. The van der Waals surface area contributed by atoms with Crippen LogP contribution in [0.25, 0.3) is 10.7 Å². The van der Waals surface area contributed by atoms with Crippen LogP contribution in [0, 0.1) is 0 Å². The van der Waals surface area contributed by atoms with Gasteiger partial charge in [-0.2, -0.15) is 4.98 Å². The standard InChI is InChI=1S/C11H11N5O3S/c1-15(2)10-12-8(18-14-10)6-16-9(13-19-11(16)17)7-4-3-5-20-7/h3-5H,6H2,1-2H3. The van der Waals surface area contributed by atoms with Gasteiger partial charge in [0.05, 0.1) is 4.88 Å². The van der Waals surface area contributed by atoms with Gasteiger partial charge in [-0.1, -0.05) is 11.2 Å². The third-order valence-electron chi connectivity index (χ3n) is 2.58. The Labute approximate surface area is 117 Å². The average Bonchev–Trinajstić information content (AvgIpc) is 3.12. The minimum Gasteiger partial charge on any atom is -0.344 e. The maximum absolute atomic E-state index is 11.7. The van der Waals surface area contributed by atoms with Crippen LogP contribution in [-0.4, -0.2) is 34.0 Å². The van der Waals surface area contributed by atoms with E-state index in [0.29, 0.717) is 17.7 Å². The minimum atomic E-state index is -0.557. The largest absolute Gasteiger partial charge is 0.442 e. The van der Waals surface area contributed by atoms with Gasteiger partial charge in [-0.05, 0) is 16.6 Å². The van der Waals surface area contributed by atoms with Gasteiger partial charge in [0.2, 0.25) is 5.89 Å². The Bertz CT molecular complexity index is 755. The zero-order valence-electron chi connectivity index (χ0n) is 10.8. The molecule has 3 aromatic rings. The van der Waals surface area contributed by atoms with Gasteiger partial charge in [-0.25, -0.2) is 9.36 Å². The van der Waals surface area contributed by atoms with Crippen molar-refractivity contribution in [2.45, 2.75) is 6.54 Å². The van der Waals surface area contributed by atoms with E-state index in [2.05, 4.69) is 15.3 Å². The number of hydrogen-bond acceptors (Lipinski definition) is 8. The Kier molecular flexibility index (Phi) is 3.11. The van der Waals surface area contributed by atoms with Crippen LogP contribution in [-0.2, 0) is 6.54 Å². The summed E-state index contributed by atoms with van der Waals surface area (Å²) >= 11 is 1.47. The molecule has 3 heterocycles. The summed E-state index contributed by atoms with van der Waals surface area (Å²) < 4.78 is 11.2. The molecule has 0 spiro atoms. The molecular formula is C11H11N5O3S. The van der Waals surface area contributed by atoms with Crippen LogP contribution in [0.2, 0.25) is 0 Å². The van der Waals surface area contributed by atoms with Gasteiger partial charge in [0.1, 0.15) is 6.54 Å². The van der Waals surface area contributed by atoms with Crippen molar-refractivity contribution in [2.75, 3.05) is 19.0 Å². The van der Waals surface area contributed by atoms with Crippen molar-refractivity contribution >= 4 is 17.3 Å². The van der Waals surface area contributed by atoms with E-state index in [1.54, 1.807) is 19.0 Å². The van der Waals surface area contributed by atoms with Crippen molar-refractivity contribution < 1.29 is 9.05 Å². The first kappa shape index (κ1) is 12.6. The maximum atomic E-state index is 11.7. The normalized spacial score (nSPS) is 10.9. The lowest BCUT2D eigenvalue weighted by atomic mass is 10.4. The molecule has 0 atom stereocenters. The summed E-state index contributed by atoms with van der Waals surface area (Å²) in [6.07, 6.45) is 0. The lowest BCUT2D eigenvalue weighted by molar-refractivity contribution is 0.353. The van der Waals surface area contributed by atoms with Gasteiger partial charge < -0.3 is 9.42 Å². The van der Waals surface area contributed by atoms with Gasteiger partial charge in [0.15, 0.2) is 5.82 Å². The molecule has 0 aromatic carbocycles. The van der Waals surface area contributed by atoms with Crippen LogP contribution >= 0.6 is 11.3 Å². The Balaban J connectivity index is 1.94. The molecule has 0 unspecified atom stereocenters. The van der Waals surface area contributed by atoms with E-state index in [0.717, 1.165) is 4.88 Å². The Morgan fingerprint density at radius 3 is 2.85 bits per heavy atom. The Morgan fingerprint density at radius 1 is 1.35 bits per heavy atom. The van der Waals surface area contributed by atoms with E-state index in [-0.39, 0.29) is 6.54 Å². The van der Waals surface area contributed by atoms with Crippen molar-refractivity contribution in [1.29, 1.82) is 0 Å². The molecular weight excluding hydrogens is 282 g/mol. The first-order chi connectivity index (χ1) is 9.65. The number of rotatable bonds is 4. The smallest absolute Gasteiger partial charge is 0.344 e. The van der Waals surface area contributed by atoms with Gasteiger partial charge >= 0.3 is 5.76 Å². The summed E-state index contributed by atoms with van der Waals surface area (Å²) in [6.45, 7) is 0.121. The molecule has 20 heavy (non-hydrogen) atoms. The number of thiophene rings is 1. The summed E-state index contributed by atoms with van der Waals surface area (Å²) in [6, 6.07) is 3.73. The highest BCUT2D eigenvalue weighted by atomic mass is 32.1. The summed E-state index contributed by atoms with van der Waals surface area (Å²) in [5.74, 6) is 0.659. The molecule has 0 saturated heterocycles. The second-order valence-electron chi connectivity index (χ2n) is 4.22. The van der Waals surface area contributed by atoms with E-state index in [1.807, 2.05) is 17.5 Å². The third kappa shape index (κ3) is 2.23. The Hall–Kier alpha value is -2.42. The first-order valence-corrected chi connectivity index (χ1v) is 6.63. The molecule has 0 aliphatic rings. The third-order valence-corrected chi connectivity index (χ3v) is 3.44. The zero-order valence-corrected chi connectivity index (χ0v) is 11.6. The summed E-state index contributed by atoms with van der Waals surface area (Å²) in [5.41, 5.74) is 0. The Morgan fingerprint density at radius 2 is 2.20 bits per heavy atom. The fourth-order valence-corrected chi connectivity index (χ4v) is 2.33. The number of anilines is 1. The van der Waals surface area contributed by atoms with E-state index < -0.39 is 5.76 Å². The van der Waals surface area contributed by atoms with Crippen molar-refractivity contribution in [1.82, 2.24) is 19.9 Å². The molecule has 8 nitrogen and oxygen atoms in total. The van der Waals surface area contributed by atoms with Crippen molar-refractivity contribution in [3.63, 3.8) is 0 Å². The lowest BCUT2D eigenvalue weighted by Crippen LogP contribution is -2.16. The second-order valence-corrected chi connectivity index (χ2v) is 5.17.